The summed E-state index contributed by atoms with van der Waals surface area (Å²) >= 11 is 5.89. The molecule has 0 fully saturated rings. The van der Waals surface area contributed by atoms with Crippen LogP contribution in [0.1, 0.15) is 26.3 Å². The van der Waals surface area contributed by atoms with Crippen LogP contribution in [0.5, 0.6) is 0 Å². The Morgan fingerprint density at radius 2 is 2.07 bits per heavy atom. The van der Waals surface area contributed by atoms with Crippen LogP contribution in [-0.4, -0.2) is 16.3 Å². The molecule has 0 aliphatic carbocycles. The number of rotatable bonds is 0. The van der Waals surface area contributed by atoms with E-state index in [0.29, 0.717) is 5.15 Å². The van der Waals surface area contributed by atoms with Gasteiger partial charge in [-0.1, -0.05) is 11.6 Å². The summed E-state index contributed by atoms with van der Waals surface area (Å²) in [6.07, 6.45) is 1.15. The predicted octanol–water partition coefficient (Wildman–Crippen LogP) is 3.23. The summed E-state index contributed by atoms with van der Waals surface area (Å²) in [5.74, 6) is 0. The van der Waals surface area contributed by atoms with Gasteiger partial charge < -0.3 is 4.74 Å². The first kappa shape index (κ1) is 11.1. The maximum absolute atomic E-state index is 11.6. The number of aromatic nitrogens is 1. The van der Waals surface area contributed by atoms with Crippen molar-refractivity contribution in [1.29, 1.82) is 0 Å². The van der Waals surface area contributed by atoms with Gasteiger partial charge in [0.05, 0.1) is 0 Å². The van der Waals surface area contributed by atoms with Gasteiger partial charge in [0.1, 0.15) is 10.8 Å². The SMILES string of the molecule is Cc1ccn(C(=O)OC(C)(C)C)c1Cl. The van der Waals surface area contributed by atoms with Crippen LogP contribution >= 0.6 is 11.6 Å². The molecule has 0 spiro atoms. The van der Waals surface area contributed by atoms with E-state index in [0.717, 1.165) is 5.56 Å². The van der Waals surface area contributed by atoms with Crippen molar-refractivity contribution in [3.05, 3.63) is 23.0 Å². The lowest BCUT2D eigenvalue weighted by atomic mass is 10.2. The Morgan fingerprint density at radius 1 is 1.50 bits per heavy atom. The number of hydrogen-bond donors (Lipinski definition) is 0. The number of aryl methyl sites for hydroxylation is 1. The first-order valence-electron chi connectivity index (χ1n) is 4.38. The van der Waals surface area contributed by atoms with Gasteiger partial charge >= 0.3 is 6.09 Å². The summed E-state index contributed by atoms with van der Waals surface area (Å²) in [6, 6.07) is 1.77. The van der Waals surface area contributed by atoms with E-state index in [1.807, 2.05) is 27.7 Å². The smallest absolute Gasteiger partial charge is 0.419 e. The van der Waals surface area contributed by atoms with Crippen molar-refractivity contribution in [2.75, 3.05) is 0 Å². The third kappa shape index (κ3) is 2.51. The van der Waals surface area contributed by atoms with Gasteiger partial charge in [-0.2, -0.15) is 0 Å². The van der Waals surface area contributed by atoms with Gasteiger partial charge in [-0.3, -0.25) is 0 Å². The Hall–Kier alpha value is -0.960. The van der Waals surface area contributed by atoms with Gasteiger partial charge in [0.15, 0.2) is 0 Å². The molecule has 0 radical (unpaired) electrons. The maximum atomic E-state index is 11.6. The van der Waals surface area contributed by atoms with Crippen molar-refractivity contribution < 1.29 is 9.53 Å². The molecule has 78 valence electrons. The Bertz CT molecular complexity index is 349. The third-order valence-corrected chi connectivity index (χ3v) is 2.08. The summed E-state index contributed by atoms with van der Waals surface area (Å²) in [7, 11) is 0. The zero-order valence-corrected chi connectivity index (χ0v) is 9.55. The highest BCUT2D eigenvalue weighted by atomic mass is 35.5. The van der Waals surface area contributed by atoms with Gasteiger partial charge in [-0.05, 0) is 39.3 Å². The van der Waals surface area contributed by atoms with E-state index in [2.05, 4.69) is 0 Å². The van der Waals surface area contributed by atoms with E-state index in [1.165, 1.54) is 4.57 Å². The molecule has 0 saturated heterocycles. The average Bonchev–Trinajstić information content (AvgIpc) is 2.29. The maximum Gasteiger partial charge on any atom is 0.419 e. The molecule has 0 unspecified atom stereocenters. The van der Waals surface area contributed by atoms with Crippen LogP contribution in [0, 0.1) is 6.92 Å². The normalized spacial score (nSPS) is 11.5. The van der Waals surface area contributed by atoms with Crippen LogP contribution < -0.4 is 0 Å². The topological polar surface area (TPSA) is 31.2 Å². The third-order valence-electron chi connectivity index (χ3n) is 1.60. The van der Waals surface area contributed by atoms with Crippen LogP contribution in [0.15, 0.2) is 12.3 Å². The Kier molecular flexibility index (Phi) is 2.90. The second-order valence-electron chi connectivity index (χ2n) is 4.14. The zero-order valence-electron chi connectivity index (χ0n) is 8.80. The lowest BCUT2D eigenvalue weighted by molar-refractivity contribution is 0.0538. The molecule has 0 aliphatic rings. The van der Waals surface area contributed by atoms with E-state index in [1.54, 1.807) is 12.3 Å². The van der Waals surface area contributed by atoms with Gasteiger partial charge in [-0.25, -0.2) is 9.36 Å². The minimum absolute atomic E-state index is 0.402. The molecule has 1 aromatic heterocycles. The molecule has 1 aromatic rings. The second-order valence-corrected chi connectivity index (χ2v) is 4.50. The van der Waals surface area contributed by atoms with Gasteiger partial charge in [0, 0.05) is 6.20 Å². The molecule has 0 amide bonds. The minimum Gasteiger partial charge on any atom is -0.443 e. The standard InChI is InChI=1S/C10H14ClNO2/c1-7-5-6-12(8(7)11)9(13)14-10(2,3)4/h5-6H,1-4H3. The summed E-state index contributed by atoms with van der Waals surface area (Å²) < 4.78 is 6.45. The number of halogens is 1. The predicted molar refractivity (Wildman–Crippen MR) is 55.8 cm³/mol. The molecule has 14 heavy (non-hydrogen) atoms. The van der Waals surface area contributed by atoms with Crippen molar-refractivity contribution >= 4 is 17.7 Å². The average molecular weight is 216 g/mol. The summed E-state index contributed by atoms with van der Waals surface area (Å²) in [4.78, 5) is 11.6. The van der Waals surface area contributed by atoms with Crippen LogP contribution in [0.2, 0.25) is 5.15 Å². The lowest BCUT2D eigenvalue weighted by Gasteiger charge is -2.19. The van der Waals surface area contributed by atoms with Crippen molar-refractivity contribution in [3.63, 3.8) is 0 Å². The number of ether oxygens (including phenoxy) is 1. The molecule has 0 saturated carbocycles. The fourth-order valence-electron chi connectivity index (χ4n) is 0.963. The van der Waals surface area contributed by atoms with Gasteiger partial charge in [-0.15, -0.1) is 0 Å². The second kappa shape index (κ2) is 3.65. The Labute approximate surface area is 88.6 Å². The Morgan fingerprint density at radius 3 is 2.43 bits per heavy atom. The number of carbonyl (C=O) groups is 1. The fourth-order valence-corrected chi connectivity index (χ4v) is 1.15. The molecule has 1 heterocycles. The fraction of sp³-hybridized carbons (Fsp3) is 0.500. The molecular weight excluding hydrogens is 202 g/mol. The molecule has 0 aromatic carbocycles. The Balaban J connectivity index is 2.86. The summed E-state index contributed by atoms with van der Waals surface area (Å²) in [5, 5.41) is 0.402. The van der Waals surface area contributed by atoms with E-state index in [9.17, 15) is 4.79 Å². The number of carbonyl (C=O) groups excluding carboxylic acids is 1. The number of hydrogen-bond acceptors (Lipinski definition) is 2. The first-order chi connectivity index (χ1) is 6.31. The van der Waals surface area contributed by atoms with E-state index < -0.39 is 11.7 Å². The quantitative estimate of drug-likeness (QED) is 0.665. The van der Waals surface area contributed by atoms with Crippen LogP contribution in [0.25, 0.3) is 0 Å². The van der Waals surface area contributed by atoms with E-state index >= 15 is 0 Å². The van der Waals surface area contributed by atoms with Gasteiger partial charge in [0.2, 0.25) is 0 Å². The van der Waals surface area contributed by atoms with Crippen LogP contribution in [0.3, 0.4) is 0 Å². The molecule has 0 atom stereocenters. The van der Waals surface area contributed by atoms with Crippen LogP contribution in [-0.2, 0) is 4.74 Å². The highest BCUT2D eigenvalue weighted by Crippen LogP contribution is 2.18. The van der Waals surface area contributed by atoms with Crippen LogP contribution in [0.4, 0.5) is 4.79 Å². The van der Waals surface area contributed by atoms with Crippen molar-refractivity contribution in [2.45, 2.75) is 33.3 Å². The summed E-state index contributed by atoms with van der Waals surface area (Å²) in [6.45, 7) is 7.28. The monoisotopic (exact) mass is 215 g/mol. The molecule has 0 N–H and O–H groups in total. The molecule has 3 nitrogen and oxygen atoms in total. The lowest BCUT2D eigenvalue weighted by Crippen LogP contribution is -2.26. The molecule has 0 bridgehead atoms. The largest absolute Gasteiger partial charge is 0.443 e. The molecule has 0 aliphatic heterocycles. The van der Waals surface area contributed by atoms with Gasteiger partial charge in [0.25, 0.3) is 0 Å². The summed E-state index contributed by atoms with van der Waals surface area (Å²) in [5.41, 5.74) is 0.357. The highest BCUT2D eigenvalue weighted by Gasteiger charge is 2.19. The first-order valence-corrected chi connectivity index (χ1v) is 4.76. The highest BCUT2D eigenvalue weighted by molar-refractivity contribution is 6.31. The molecular formula is C10H14ClNO2. The number of nitrogens with zero attached hydrogens (tertiary/aromatic N) is 1. The van der Waals surface area contributed by atoms with Crippen molar-refractivity contribution in [2.24, 2.45) is 0 Å². The van der Waals surface area contributed by atoms with Crippen molar-refractivity contribution in [1.82, 2.24) is 4.57 Å². The molecule has 1 rings (SSSR count). The minimum atomic E-state index is -0.501. The van der Waals surface area contributed by atoms with E-state index in [4.69, 9.17) is 16.3 Å². The van der Waals surface area contributed by atoms with Crippen molar-refractivity contribution in [3.8, 4) is 0 Å². The van der Waals surface area contributed by atoms with E-state index in [-0.39, 0.29) is 0 Å². The zero-order chi connectivity index (χ0) is 10.9. The molecule has 4 heteroatoms.